The normalized spacial score (nSPS) is 16.2. The first-order chi connectivity index (χ1) is 14.4. The van der Waals surface area contributed by atoms with Crippen LogP contribution in [-0.4, -0.2) is 22.6 Å². The van der Waals surface area contributed by atoms with E-state index in [9.17, 15) is 19.7 Å². The summed E-state index contributed by atoms with van der Waals surface area (Å²) in [6, 6.07) is 9.23. The lowest BCUT2D eigenvalue weighted by Crippen LogP contribution is -2.39. The maximum Gasteiger partial charge on any atom is 0.338 e. The van der Waals surface area contributed by atoms with Gasteiger partial charge in [-0.15, -0.1) is 11.3 Å². The minimum Gasteiger partial charge on any atom is -0.466 e. The van der Waals surface area contributed by atoms with Crippen LogP contribution in [-0.2, 0) is 9.53 Å². The van der Waals surface area contributed by atoms with Crippen molar-refractivity contribution in [2.24, 2.45) is 4.99 Å². The Balaban J connectivity index is 1.99. The Kier molecular flexibility index (Phi) is 5.18. The number of nitro groups is 1. The van der Waals surface area contributed by atoms with E-state index < -0.39 is 16.9 Å². The fourth-order valence-electron chi connectivity index (χ4n) is 3.33. The second-order valence-electron chi connectivity index (χ2n) is 6.40. The second-order valence-corrected chi connectivity index (χ2v) is 8.39. The molecule has 0 bridgehead atoms. The van der Waals surface area contributed by atoms with Crippen molar-refractivity contribution >= 4 is 40.4 Å². The summed E-state index contributed by atoms with van der Waals surface area (Å²) in [6.45, 7) is 1.70. The number of esters is 1. The lowest BCUT2D eigenvalue weighted by molar-refractivity contribution is -0.385. The first-order valence-electron chi connectivity index (χ1n) is 8.80. The van der Waals surface area contributed by atoms with Crippen LogP contribution < -0.4 is 14.9 Å². The van der Waals surface area contributed by atoms with Crippen molar-refractivity contribution in [3.63, 3.8) is 0 Å². The quantitative estimate of drug-likeness (QED) is 0.351. The van der Waals surface area contributed by atoms with E-state index in [1.807, 2.05) is 17.5 Å². The molecule has 0 spiro atoms. The van der Waals surface area contributed by atoms with Crippen molar-refractivity contribution in [1.82, 2.24) is 4.57 Å². The predicted octanol–water partition coefficient (Wildman–Crippen LogP) is 2.38. The predicted molar refractivity (Wildman–Crippen MR) is 113 cm³/mol. The Labute approximate surface area is 177 Å². The third kappa shape index (κ3) is 3.29. The van der Waals surface area contributed by atoms with Gasteiger partial charge >= 0.3 is 5.97 Å². The highest BCUT2D eigenvalue weighted by molar-refractivity contribution is 7.10. The number of thiophene rings is 1. The molecule has 3 heterocycles. The first kappa shape index (κ1) is 19.9. The van der Waals surface area contributed by atoms with E-state index in [1.54, 1.807) is 25.1 Å². The zero-order chi connectivity index (χ0) is 21.4. The molecule has 1 atom stereocenters. The molecule has 30 heavy (non-hydrogen) atoms. The first-order valence-corrected chi connectivity index (χ1v) is 10.5. The third-order valence-electron chi connectivity index (χ3n) is 4.66. The van der Waals surface area contributed by atoms with Gasteiger partial charge in [0.1, 0.15) is 6.04 Å². The Morgan fingerprint density at radius 1 is 1.30 bits per heavy atom. The standard InChI is InChI=1S/C20H15N3O5S2/c1-11-16(19(25)28-2)17(14-8-5-9-29-14)22-18(24)15(30-20(22)21-11)10-12-6-3-4-7-13(12)23(26)27/h3-10,17H,1-2H3. The summed E-state index contributed by atoms with van der Waals surface area (Å²) in [7, 11) is 1.29. The number of hydrogen-bond donors (Lipinski definition) is 0. The van der Waals surface area contributed by atoms with Gasteiger partial charge in [-0.3, -0.25) is 19.5 Å². The lowest BCUT2D eigenvalue weighted by atomic mass is 10.0. The van der Waals surface area contributed by atoms with Crippen LogP contribution in [0.5, 0.6) is 0 Å². The highest BCUT2D eigenvalue weighted by Gasteiger charge is 2.33. The highest BCUT2D eigenvalue weighted by atomic mass is 32.1. The van der Waals surface area contributed by atoms with Crippen molar-refractivity contribution in [2.75, 3.05) is 7.11 Å². The van der Waals surface area contributed by atoms with Crippen LogP contribution in [0.1, 0.15) is 23.4 Å². The SMILES string of the molecule is COC(=O)C1=C(C)N=c2sc(=Cc3ccccc3[N+](=O)[O-])c(=O)n2C1c1cccs1. The zero-order valence-electron chi connectivity index (χ0n) is 15.9. The Morgan fingerprint density at radius 3 is 2.73 bits per heavy atom. The molecule has 10 heteroatoms. The van der Waals surface area contributed by atoms with Crippen LogP contribution >= 0.6 is 22.7 Å². The van der Waals surface area contributed by atoms with Gasteiger partial charge in [-0.25, -0.2) is 9.79 Å². The maximum absolute atomic E-state index is 13.3. The van der Waals surface area contributed by atoms with Gasteiger partial charge in [0.15, 0.2) is 4.80 Å². The van der Waals surface area contributed by atoms with Crippen molar-refractivity contribution in [3.8, 4) is 0 Å². The van der Waals surface area contributed by atoms with Crippen LogP contribution in [0.15, 0.2) is 62.8 Å². The fourth-order valence-corrected chi connectivity index (χ4v) is 5.19. The molecule has 2 aromatic heterocycles. The van der Waals surface area contributed by atoms with Gasteiger partial charge in [0, 0.05) is 10.9 Å². The van der Waals surface area contributed by atoms with Gasteiger partial charge in [0.25, 0.3) is 11.2 Å². The molecule has 0 N–H and O–H groups in total. The monoisotopic (exact) mass is 441 g/mol. The number of nitrogens with zero attached hydrogens (tertiary/aromatic N) is 3. The summed E-state index contributed by atoms with van der Waals surface area (Å²) in [4.78, 5) is 42.3. The number of benzene rings is 1. The van der Waals surface area contributed by atoms with Crippen LogP contribution in [0, 0.1) is 10.1 Å². The summed E-state index contributed by atoms with van der Waals surface area (Å²) in [5.41, 5.74) is 0.626. The van der Waals surface area contributed by atoms with Gasteiger partial charge in [-0.2, -0.15) is 0 Å². The van der Waals surface area contributed by atoms with E-state index in [-0.39, 0.29) is 11.2 Å². The molecule has 0 saturated carbocycles. The van der Waals surface area contributed by atoms with Crippen LogP contribution in [0.4, 0.5) is 5.69 Å². The maximum atomic E-state index is 13.3. The average Bonchev–Trinajstić information content (AvgIpc) is 3.36. The number of rotatable bonds is 4. The topological polar surface area (TPSA) is 104 Å². The number of fused-ring (bicyclic) bond motifs is 1. The van der Waals surface area contributed by atoms with Crippen LogP contribution in [0.3, 0.4) is 0 Å². The number of para-hydroxylation sites is 1. The van der Waals surface area contributed by atoms with E-state index in [2.05, 4.69) is 4.99 Å². The van der Waals surface area contributed by atoms with Crippen molar-refractivity contribution in [1.29, 1.82) is 0 Å². The molecule has 1 aliphatic heterocycles. The molecular formula is C20H15N3O5S2. The highest BCUT2D eigenvalue weighted by Crippen LogP contribution is 2.33. The Hall–Kier alpha value is -3.37. The lowest BCUT2D eigenvalue weighted by Gasteiger charge is -2.22. The molecule has 8 nitrogen and oxygen atoms in total. The number of allylic oxidation sites excluding steroid dienone is 1. The van der Waals surface area contributed by atoms with Gasteiger partial charge in [0.05, 0.1) is 33.4 Å². The molecule has 0 aliphatic carbocycles. The number of thiazole rings is 1. The van der Waals surface area contributed by atoms with E-state index in [4.69, 9.17) is 4.74 Å². The Bertz CT molecular complexity index is 1370. The molecular weight excluding hydrogens is 426 g/mol. The molecule has 0 saturated heterocycles. The van der Waals surface area contributed by atoms with E-state index in [0.717, 1.165) is 16.2 Å². The average molecular weight is 441 g/mol. The van der Waals surface area contributed by atoms with Crippen LogP contribution in [0.25, 0.3) is 6.08 Å². The van der Waals surface area contributed by atoms with Crippen LogP contribution in [0.2, 0.25) is 0 Å². The fraction of sp³-hybridized carbons (Fsp3) is 0.150. The van der Waals surface area contributed by atoms with Gasteiger partial charge < -0.3 is 4.74 Å². The largest absolute Gasteiger partial charge is 0.466 e. The summed E-state index contributed by atoms with van der Waals surface area (Å²) in [6.07, 6.45) is 1.49. The van der Waals surface area contributed by atoms with Gasteiger partial charge in [0.2, 0.25) is 0 Å². The van der Waals surface area contributed by atoms with Crippen molar-refractivity contribution in [2.45, 2.75) is 13.0 Å². The number of methoxy groups -OCH3 is 1. The zero-order valence-corrected chi connectivity index (χ0v) is 17.5. The minimum atomic E-state index is -0.665. The van der Waals surface area contributed by atoms with E-state index in [1.165, 1.54) is 35.2 Å². The molecule has 0 amide bonds. The van der Waals surface area contributed by atoms with E-state index in [0.29, 0.717) is 26.2 Å². The summed E-state index contributed by atoms with van der Waals surface area (Å²) >= 11 is 2.54. The smallest absolute Gasteiger partial charge is 0.338 e. The molecule has 4 rings (SSSR count). The number of ether oxygens (including phenoxy) is 1. The van der Waals surface area contributed by atoms with E-state index >= 15 is 0 Å². The summed E-state index contributed by atoms with van der Waals surface area (Å²) in [5.74, 6) is -0.553. The molecule has 152 valence electrons. The number of nitro benzene ring substituents is 1. The second kappa shape index (κ2) is 7.81. The molecule has 1 aliphatic rings. The third-order valence-corrected chi connectivity index (χ3v) is 6.57. The molecule has 0 radical (unpaired) electrons. The van der Waals surface area contributed by atoms with Gasteiger partial charge in [-0.1, -0.05) is 29.5 Å². The number of hydrogen-bond acceptors (Lipinski definition) is 8. The molecule has 3 aromatic rings. The number of aromatic nitrogens is 1. The molecule has 1 aromatic carbocycles. The summed E-state index contributed by atoms with van der Waals surface area (Å²) in [5, 5.41) is 13.2. The number of carbonyl (C=O) groups is 1. The van der Waals surface area contributed by atoms with Gasteiger partial charge in [-0.05, 0) is 30.5 Å². The minimum absolute atomic E-state index is 0.0930. The Morgan fingerprint density at radius 2 is 2.07 bits per heavy atom. The number of carbonyl (C=O) groups excluding carboxylic acids is 1. The molecule has 0 fully saturated rings. The van der Waals surface area contributed by atoms with Crippen molar-refractivity contribution < 1.29 is 14.5 Å². The molecule has 1 unspecified atom stereocenters. The summed E-state index contributed by atoms with van der Waals surface area (Å²) < 4.78 is 6.69. The van der Waals surface area contributed by atoms with Crippen molar-refractivity contribution in [3.05, 3.63) is 93.3 Å².